The summed E-state index contributed by atoms with van der Waals surface area (Å²) in [7, 11) is 0. The molecule has 2 rings (SSSR count). The van der Waals surface area contributed by atoms with Crippen molar-refractivity contribution in [2.75, 3.05) is 11.9 Å². The fourth-order valence-electron chi connectivity index (χ4n) is 1.92. The molecule has 2 aromatic rings. The van der Waals surface area contributed by atoms with Crippen molar-refractivity contribution >= 4 is 17.3 Å². The first kappa shape index (κ1) is 16.4. The van der Waals surface area contributed by atoms with Crippen LogP contribution in [0.1, 0.15) is 12.5 Å². The molecule has 0 saturated heterocycles. The van der Waals surface area contributed by atoms with Crippen LogP contribution in [0.2, 0.25) is 0 Å². The molecule has 1 N–H and O–H groups in total. The lowest BCUT2D eigenvalue weighted by Gasteiger charge is -2.08. The first-order valence-electron chi connectivity index (χ1n) is 6.95. The zero-order chi connectivity index (χ0) is 16.8. The molecule has 6 nitrogen and oxygen atoms in total. The van der Waals surface area contributed by atoms with Crippen molar-refractivity contribution in [3.05, 3.63) is 64.0 Å². The van der Waals surface area contributed by atoms with Crippen LogP contribution in [-0.2, 0) is 11.2 Å². The summed E-state index contributed by atoms with van der Waals surface area (Å²) in [5.74, 6) is -1.46. The van der Waals surface area contributed by atoms with Gasteiger partial charge in [0.05, 0.1) is 4.92 Å². The molecule has 0 fully saturated rings. The number of hydrogen-bond donors (Lipinski definition) is 1. The lowest BCUT2D eigenvalue weighted by molar-refractivity contribution is -0.385. The molecule has 0 unspecified atom stereocenters. The van der Waals surface area contributed by atoms with Gasteiger partial charge in [0, 0.05) is 17.8 Å². The second-order valence-electron chi connectivity index (χ2n) is 4.76. The summed E-state index contributed by atoms with van der Waals surface area (Å²) >= 11 is 0. The summed E-state index contributed by atoms with van der Waals surface area (Å²) in [6.45, 7) is 1.56. The van der Waals surface area contributed by atoms with Crippen molar-refractivity contribution in [3.8, 4) is 5.75 Å². The van der Waals surface area contributed by atoms with Crippen molar-refractivity contribution in [2.24, 2.45) is 0 Å². The van der Waals surface area contributed by atoms with E-state index in [1.54, 1.807) is 12.1 Å². The number of anilines is 1. The predicted octanol–water partition coefficient (Wildman–Crippen LogP) is 3.31. The molecule has 120 valence electrons. The molecule has 1 amide bonds. The molecule has 0 radical (unpaired) electrons. The highest BCUT2D eigenvalue weighted by Gasteiger charge is 2.17. The van der Waals surface area contributed by atoms with Gasteiger partial charge < -0.3 is 10.1 Å². The van der Waals surface area contributed by atoms with Gasteiger partial charge >= 0.3 is 5.69 Å². The van der Waals surface area contributed by atoms with Crippen LogP contribution in [0.15, 0.2) is 42.5 Å². The van der Waals surface area contributed by atoms with Crippen molar-refractivity contribution in [3.63, 3.8) is 0 Å². The number of benzene rings is 2. The van der Waals surface area contributed by atoms with Gasteiger partial charge in [-0.05, 0) is 30.2 Å². The van der Waals surface area contributed by atoms with E-state index in [1.165, 1.54) is 0 Å². The largest absolute Gasteiger partial charge is 0.477 e. The second kappa shape index (κ2) is 7.35. The molecule has 0 heterocycles. The molecule has 0 aliphatic carbocycles. The van der Waals surface area contributed by atoms with Crippen LogP contribution in [0.3, 0.4) is 0 Å². The Bertz CT molecular complexity index is 717. The Labute approximate surface area is 132 Å². The average molecular weight is 318 g/mol. The molecule has 2 aromatic carbocycles. The van der Waals surface area contributed by atoms with Crippen LogP contribution in [0.4, 0.5) is 15.8 Å². The third-order valence-corrected chi connectivity index (χ3v) is 3.12. The van der Waals surface area contributed by atoms with Crippen LogP contribution >= 0.6 is 0 Å². The number of nitrogens with zero attached hydrogens (tertiary/aromatic N) is 1. The maximum absolute atomic E-state index is 13.2. The number of nitro groups is 1. The molecule has 0 aromatic heterocycles. The van der Waals surface area contributed by atoms with Crippen molar-refractivity contribution < 1.29 is 18.8 Å². The Morgan fingerprint density at radius 2 is 1.96 bits per heavy atom. The Balaban J connectivity index is 1.98. The van der Waals surface area contributed by atoms with E-state index in [4.69, 9.17) is 4.74 Å². The zero-order valence-electron chi connectivity index (χ0n) is 12.4. The number of amides is 1. The first-order valence-corrected chi connectivity index (χ1v) is 6.95. The second-order valence-corrected chi connectivity index (χ2v) is 4.76. The van der Waals surface area contributed by atoms with E-state index in [1.807, 2.05) is 19.1 Å². The van der Waals surface area contributed by atoms with Gasteiger partial charge in [-0.3, -0.25) is 14.9 Å². The fraction of sp³-hybridized carbons (Fsp3) is 0.188. The molecule has 0 aliphatic rings. The number of ether oxygens (including phenoxy) is 1. The van der Waals surface area contributed by atoms with Crippen molar-refractivity contribution in [1.29, 1.82) is 0 Å². The normalized spacial score (nSPS) is 10.2. The van der Waals surface area contributed by atoms with E-state index in [-0.39, 0.29) is 5.75 Å². The maximum atomic E-state index is 13.2. The monoisotopic (exact) mass is 318 g/mol. The van der Waals surface area contributed by atoms with Gasteiger partial charge in [0.1, 0.15) is 5.82 Å². The SMILES string of the molecule is CCc1ccc(NC(=O)COc2cc(F)ccc2[N+](=O)[O-])cc1. The van der Waals surface area contributed by atoms with E-state index in [2.05, 4.69) is 5.32 Å². The van der Waals surface area contributed by atoms with Crippen LogP contribution in [0.25, 0.3) is 0 Å². The topological polar surface area (TPSA) is 81.5 Å². The molecule has 7 heteroatoms. The van der Waals surface area contributed by atoms with Gasteiger partial charge in [-0.2, -0.15) is 0 Å². The first-order chi connectivity index (χ1) is 11.0. The van der Waals surface area contributed by atoms with E-state index < -0.39 is 28.9 Å². The third kappa shape index (κ3) is 4.50. The Morgan fingerprint density at radius 1 is 1.26 bits per heavy atom. The van der Waals surface area contributed by atoms with E-state index in [0.717, 1.165) is 30.2 Å². The van der Waals surface area contributed by atoms with E-state index in [9.17, 15) is 19.3 Å². The minimum Gasteiger partial charge on any atom is -0.477 e. The van der Waals surface area contributed by atoms with Crippen LogP contribution in [-0.4, -0.2) is 17.4 Å². The number of rotatable bonds is 6. The van der Waals surface area contributed by atoms with Crippen molar-refractivity contribution in [1.82, 2.24) is 0 Å². The molecule has 0 saturated carbocycles. The molecular weight excluding hydrogens is 303 g/mol. The van der Waals surface area contributed by atoms with E-state index >= 15 is 0 Å². The minimum atomic E-state index is -0.698. The van der Waals surface area contributed by atoms with Gasteiger partial charge in [-0.15, -0.1) is 0 Å². The highest BCUT2D eigenvalue weighted by molar-refractivity contribution is 5.91. The number of aryl methyl sites for hydroxylation is 1. The highest BCUT2D eigenvalue weighted by atomic mass is 19.1. The number of halogens is 1. The number of carbonyl (C=O) groups excluding carboxylic acids is 1. The van der Waals surface area contributed by atoms with Gasteiger partial charge in [0.2, 0.25) is 5.75 Å². The van der Waals surface area contributed by atoms with E-state index in [0.29, 0.717) is 5.69 Å². The number of hydrogen-bond acceptors (Lipinski definition) is 4. The third-order valence-electron chi connectivity index (χ3n) is 3.12. The quantitative estimate of drug-likeness (QED) is 0.654. The highest BCUT2D eigenvalue weighted by Crippen LogP contribution is 2.27. The zero-order valence-corrected chi connectivity index (χ0v) is 12.4. The number of nitro benzene ring substituents is 1. The molecule has 0 atom stereocenters. The summed E-state index contributed by atoms with van der Waals surface area (Å²) in [4.78, 5) is 21.9. The standard InChI is InChI=1S/C16H15FN2O4/c1-2-11-3-6-13(7-4-11)18-16(20)10-23-15-9-12(17)5-8-14(15)19(21)22/h3-9H,2,10H2,1H3,(H,18,20). The number of carbonyl (C=O) groups is 1. The maximum Gasteiger partial charge on any atom is 0.311 e. The van der Waals surface area contributed by atoms with Crippen molar-refractivity contribution in [2.45, 2.75) is 13.3 Å². The smallest absolute Gasteiger partial charge is 0.311 e. The van der Waals surface area contributed by atoms with Gasteiger partial charge in [0.15, 0.2) is 6.61 Å². The molecular formula is C16H15FN2O4. The summed E-state index contributed by atoms with van der Waals surface area (Å²) in [5, 5.41) is 13.4. The lowest BCUT2D eigenvalue weighted by Crippen LogP contribution is -2.20. The van der Waals surface area contributed by atoms with Crippen LogP contribution < -0.4 is 10.1 Å². The Morgan fingerprint density at radius 3 is 2.57 bits per heavy atom. The van der Waals surface area contributed by atoms with Gasteiger partial charge in [0.25, 0.3) is 5.91 Å². The van der Waals surface area contributed by atoms with Gasteiger partial charge in [-0.1, -0.05) is 19.1 Å². The average Bonchev–Trinajstić information content (AvgIpc) is 2.53. The van der Waals surface area contributed by atoms with Crippen LogP contribution in [0.5, 0.6) is 5.75 Å². The number of nitrogens with one attached hydrogen (secondary N) is 1. The predicted molar refractivity (Wildman–Crippen MR) is 83.0 cm³/mol. The summed E-state index contributed by atoms with van der Waals surface area (Å²) in [6.07, 6.45) is 0.889. The lowest BCUT2D eigenvalue weighted by atomic mass is 10.1. The summed E-state index contributed by atoms with van der Waals surface area (Å²) in [6, 6.07) is 10.1. The Kier molecular flexibility index (Phi) is 5.24. The van der Waals surface area contributed by atoms with Crippen LogP contribution in [0, 0.1) is 15.9 Å². The fourth-order valence-corrected chi connectivity index (χ4v) is 1.92. The molecule has 0 spiro atoms. The molecule has 23 heavy (non-hydrogen) atoms. The Hall–Kier alpha value is -2.96. The summed E-state index contributed by atoms with van der Waals surface area (Å²) in [5.41, 5.74) is 1.32. The van der Waals surface area contributed by atoms with Gasteiger partial charge in [-0.25, -0.2) is 4.39 Å². The molecule has 0 bridgehead atoms. The minimum absolute atomic E-state index is 0.286. The summed E-state index contributed by atoms with van der Waals surface area (Å²) < 4.78 is 18.2. The molecule has 0 aliphatic heterocycles.